The molecule has 1 aromatic carbocycles. The molecule has 1 aromatic rings. The van der Waals surface area contributed by atoms with Gasteiger partial charge in [-0.2, -0.15) is 0 Å². The largest absolute Gasteiger partial charge is 0.394 e. The first-order chi connectivity index (χ1) is 8.13. The van der Waals surface area contributed by atoms with E-state index in [4.69, 9.17) is 9.84 Å². The van der Waals surface area contributed by atoms with E-state index in [1.54, 1.807) is 0 Å². The molecule has 4 heteroatoms. The molecule has 4 nitrogen and oxygen atoms in total. The number of rotatable bonds is 6. The molecule has 17 heavy (non-hydrogen) atoms. The van der Waals surface area contributed by atoms with Crippen LogP contribution in [0.5, 0.6) is 0 Å². The Hall–Kier alpha value is -1.39. The fourth-order valence-electron chi connectivity index (χ4n) is 1.49. The highest BCUT2D eigenvalue weighted by molar-refractivity contribution is 5.72. The molecule has 2 N–H and O–H groups in total. The van der Waals surface area contributed by atoms with E-state index >= 15 is 0 Å². The van der Waals surface area contributed by atoms with Crippen molar-refractivity contribution in [2.45, 2.75) is 20.0 Å². The lowest BCUT2D eigenvalue weighted by Crippen LogP contribution is -2.27. The van der Waals surface area contributed by atoms with Gasteiger partial charge in [0.2, 0.25) is 5.91 Å². The second-order valence-corrected chi connectivity index (χ2v) is 3.93. The quantitative estimate of drug-likeness (QED) is 0.781. The van der Waals surface area contributed by atoms with E-state index in [9.17, 15) is 4.79 Å². The third-order valence-corrected chi connectivity index (χ3v) is 2.40. The Morgan fingerprint density at radius 1 is 1.41 bits per heavy atom. The van der Waals surface area contributed by atoms with Crippen molar-refractivity contribution in [3.05, 3.63) is 35.4 Å². The van der Waals surface area contributed by atoms with Crippen molar-refractivity contribution in [1.82, 2.24) is 5.32 Å². The molecule has 0 spiro atoms. The molecule has 0 bridgehead atoms. The number of aliphatic hydroxyl groups excluding tert-OH is 1. The van der Waals surface area contributed by atoms with Crippen molar-refractivity contribution < 1.29 is 14.6 Å². The fraction of sp³-hybridized carbons (Fsp3) is 0.462. The molecule has 0 aromatic heterocycles. The second kappa shape index (κ2) is 7.04. The summed E-state index contributed by atoms with van der Waals surface area (Å²) in [4.78, 5) is 10.9. The van der Waals surface area contributed by atoms with Gasteiger partial charge in [-0.05, 0) is 12.5 Å². The summed E-state index contributed by atoms with van der Waals surface area (Å²) in [6.07, 6.45) is -0.216. The first kappa shape index (κ1) is 13.7. The van der Waals surface area contributed by atoms with E-state index < -0.39 is 0 Å². The molecule has 1 atom stereocenters. The van der Waals surface area contributed by atoms with Gasteiger partial charge in [0.05, 0.1) is 19.3 Å². The van der Waals surface area contributed by atoms with Gasteiger partial charge < -0.3 is 15.2 Å². The van der Waals surface area contributed by atoms with Crippen LogP contribution in [0.25, 0.3) is 0 Å². The van der Waals surface area contributed by atoms with Gasteiger partial charge in [-0.1, -0.05) is 29.8 Å². The number of benzene rings is 1. The van der Waals surface area contributed by atoms with Crippen LogP contribution in [0.1, 0.15) is 24.2 Å². The van der Waals surface area contributed by atoms with Crippen LogP contribution in [0.2, 0.25) is 0 Å². The maximum atomic E-state index is 10.9. The predicted molar refractivity (Wildman–Crippen MR) is 65.6 cm³/mol. The Bertz CT molecular complexity index is 348. The highest BCUT2D eigenvalue weighted by Gasteiger charge is 2.12. The van der Waals surface area contributed by atoms with Crippen LogP contribution in [0, 0.1) is 6.92 Å². The summed E-state index contributed by atoms with van der Waals surface area (Å²) >= 11 is 0. The minimum atomic E-state index is -0.216. The van der Waals surface area contributed by atoms with Gasteiger partial charge >= 0.3 is 0 Å². The minimum Gasteiger partial charge on any atom is -0.394 e. The molecule has 0 aliphatic heterocycles. The molecule has 0 radical (unpaired) electrons. The number of carbonyl (C=O) groups is 1. The average molecular weight is 237 g/mol. The minimum absolute atomic E-state index is 0.0254. The Morgan fingerprint density at radius 2 is 2.06 bits per heavy atom. The number of aryl methyl sites for hydroxylation is 1. The summed E-state index contributed by atoms with van der Waals surface area (Å²) in [7, 11) is 0. The lowest BCUT2D eigenvalue weighted by Gasteiger charge is -2.18. The van der Waals surface area contributed by atoms with E-state index in [-0.39, 0.29) is 25.2 Å². The standard InChI is InChI=1S/C13H19NO3/c1-10-3-5-12(6-4-10)13(17-8-7-15)9-14-11(2)16/h3-6,13,15H,7-9H2,1-2H3,(H,14,16). The second-order valence-electron chi connectivity index (χ2n) is 3.93. The van der Waals surface area contributed by atoms with Gasteiger partial charge in [0.15, 0.2) is 0 Å². The van der Waals surface area contributed by atoms with Gasteiger partial charge in [0.1, 0.15) is 0 Å². The number of hydrogen-bond donors (Lipinski definition) is 2. The van der Waals surface area contributed by atoms with Crippen LogP contribution in [0.15, 0.2) is 24.3 Å². The van der Waals surface area contributed by atoms with Gasteiger partial charge in [0, 0.05) is 13.5 Å². The van der Waals surface area contributed by atoms with E-state index in [1.165, 1.54) is 12.5 Å². The van der Waals surface area contributed by atoms with E-state index in [1.807, 2.05) is 31.2 Å². The molecule has 1 unspecified atom stereocenters. The zero-order valence-corrected chi connectivity index (χ0v) is 10.3. The summed E-state index contributed by atoms with van der Waals surface area (Å²) in [6.45, 7) is 4.14. The first-order valence-corrected chi connectivity index (χ1v) is 5.67. The van der Waals surface area contributed by atoms with Crippen LogP contribution >= 0.6 is 0 Å². The fourth-order valence-corrected chi connectivity index (χ4v) is 1.49. The molecule has 0 aliphatic rings. The SMILES string of the molecule is CC(=O)NCC(OCCO)c1ccc(C)cc1. The van der Waals surface area contributed by atoms with E-state index in [2.05, 4.69) is 5.32 Å². The lowest BCUT2D eigenvalue weighted by atomic mass is 10.1. The molecule has 0 aliphatic carbocycles. The number of aliphatic hydroxyl groups is 1. The summed E-state index contributed by atoms with van der Waals surface area (Å²) in [6, 6.07) is 7.94. The Kier molecular flexibility index (Phi) is 5.66. The van der Waals surface area contributed by atoms with E-state index in [0.717, 1.165) is 5.56 Å². The van der Waals surface area contributed by atoms with Crippen molar-refractivity contribution in [3.63, 3.8) is 0 Å². The maximum Gasteiger partial charge on any atom is 0.216 e. The molecule has 1 rings (SSSR count). The van der Waals surface area contributed by atoms with Crippen LogP contribution in [0.4, 0.5) is 0 Å². The third kappa shape index (κ3) is 4.97. The van der Waals surface area contributed by atoms with Crippen LogP contribution in [-0.4, -0.2) is 30.8 Å². The number of hydrogen-bond acceptors (Lipinski definition) is 3. The highest BCUT2D eigenvalue weighted by atomic mass is 16.5. The Labute approximate surface area is 102 Å². The average Bonchev–Trinajstić information content (AvgIpc) is 2.30. The van der Waals surface area contributed by atoms with Crippen molar-refractivity contribution in [1.29, 1.82) is 0 Å². The normalized spacial score (nSPS) is 12.2. The smallest absolute Gasteiger partial charge is 0.216 e. The van der Waals surface area contributed by atoms with Crippen LogP contribution < -0.4 is 5.32 Å². The molecule has 1 amide bonds. The summed E-state index contributed by atoms with van der Waals surface area (Å²) in [5, 5.41) is 11.5. The van der Waals surface area contributed by atoms with Gasteiger partial charge in [-0.3, -0.25) is 4.79 Å². The van der Waals surface area contributed by atoms with Crippen molar-refractivity contribution in [2.24, 2.45) is 0 Å². The summed E-state index contributed by atoms with van der Waals surface area (Å²) in [5.41, 5.74) is 2.17. The highest BCUT2D eigenvalue weighted by Crippen LogP contribution is 2.17. The first-order valence-electron chi connectivity index (χ1n) is 5.67. The van der Waals surface area contributed by atoms with Crippen molar-refractivity contribution >= 4 is 5.91 Å². The lowest BCUT2D eigenvalue weighted by molar-refractivity contribution is -0.119. The Morgan fingerprint density at radius 3 is 2.59 bits per heavy atom. The zero-order valence-electron chi connectivity index (χ0n) is 10.3. The molecule has 94 valence electrons. The molecule has 0 saturated heterocycles. The van der Waals surface area contributed by atoms with E-state index in [0.29, 0.717) is 6.54 Å². The number of nitrogens with one attached hydrogen (secondary N) is 1. The zero-order chi connectivity index (χ0) is 12.7. The maximum absolute atomic E-state index is 10.9. The summed E-state index contributed by atoms with van der Waals surface area (Å²) in [5.74, 6) is -0.0882. The third-order valence-electron chi connectivity index (χ3n) is 2.40. The van der Waals surface area contributed by atoms with Gasteiger partial charge in [-0.15, -0.1) is 0 Å². The van der Waals surface area contributed by atoms with Crippen LogP contribution in [0.3, 0.4) is 0 Å². The molecule has 0 fully saturated rings. The van der Waals surface area contributed by atoms with Crippen molar-refractivity contribution in [3.8, 4) is 0 Å². The van der Waals surface area contributed by atoms with Crippen molar-refractivity contribution in [2.75, 3.05) is 19.8 Å². The van der Waals surface area contributed by atoms with Gasteiger partial charge in [0.25, 0.3) is 0 Å². The number of amides is 1. The molecule has 0 heterocycles. The predicted octanol–water partition coefficient (Wildman–Crippen LogP) is 1.18. The molecule has 0 saturated carbocycles. The Balaban J connectivity index is 2.67. The van der Waals surface area contributed by atoms with Crippen LogP contribution in [-0.2, 0) is 9.53 Å². The molecular weight excluding hydrogens is 218 g/mol. The number of carbonyl (C=O) groups excluding carboxylic acids is 1. The van der Waals surface area contributed by atoms with Gasteiger partial charge in [-0.25, -0.2) is 0 Å². The molecular formula is C13H19NO3. The summed E-state index contributed by atoms with van der Waals surface area (Å²) < 4.78 is 5.50. The number of ether oxygens (including phenoxy) is 1. The topological polar surface area (TPSA) is 58.6 Å². The monoisotopic (exact) mass is 237 g/mol.